The van der Waals surface area contributed by atoms with Crippen LogP contribution in [0.15, 0.2) is 10.9 Å². The zero-order chi connectivity index (χ0) is 9.14. The van der Waals surface area contributed by atoms with Gasteiger partial charge in [-0.25, -0.2) is 14.5 Å². The van der Waals surface area contributed by atoms with Crippen LogP contribution in [-0.2, 0) is 4.74 Å². The van der Waals surface area contributed by atoms with Crippen molar-refractivity contribution < 1.29 is 9.53 Å². The van der Waals surface area contributed by atoms with E-state index in [0.717, 1.165) is 4.68 Å². The smallest absolute Gasteiger partial charge is 0.359 e. The summed E-state index contributed by atoms with van der Waals surface area (Å²) in [5, 5.41) is 0. The average molecular weight is 234 g/mol. The van der Waals surface area contributed by atoms with E-state index in [1.165, 1.54) is 6.33 Å². The number of imidazole rings is 1. The van der Waals surface area contributed by atoms with Crippen LogP contribution in [-0.4, -0.2) is 22.2 Å². The lowest BCUT2D eigenvalue weighted by atomic mass is 10.5. The Morgan fingerprint density at radius 2 is 2.58 bits per heavy atom. The minimum absolute atomic E-state index is 0.219. The molecule has 1 aromatic heterocycles. The fraction of sp³-hybridized carbons (Fsp3) is 0.333. The van der Waals surface area contributed by atoms with Gasteiger partial charge in [-0.1, -0.05) is 0 Å². The van der Waals surface area contributed by atoms with Crippen molar-refractivity contribution in [3.8, 4) is 0 Å². The van der Waals surface area contributed by atoms with Crippen molar-refractivity contribution >= 4 is 21.9 Å². The van der Waals surface area contributed by atoms with E-state index >= 15 is 0 Å². The van der Waals surface area contributed by atoms with Gasteiger partial charge in [-0.2, -0.15) is 0 Å². The molecule has 1 heterocycles. The molecule has 0 aliphatic rings. The Morgan fingerprint density at radius 1 is 1.92 bits per heavy atom. The molecule has 0 aliphatic carbocycles. The van der Waals surface area contributed by atoms with Crippen molar-refractivity contribution in [2.24, 2.45) is 0 Å². The third-order valence-electron chi connectivity index (χ3n) is 1.22. The number of aromatic nitrogens is 2. The van der Waals surface area contributed by atoms with E-state index in [1.54, 1.807) is 6.92 Å². The van der Waals surface area contributed by atoms with Crippen LogP contribution in [0.5, 0.6) is 0 Å². The second-order valence-electron chi connectivity index (χ2n) is 2.01. The number of esters is 1. The highest BCUT2D eigenvalue weighted by atomic mass is 79.9. The maximum absolute atomic E-state index is 11.2. The molecule has 5 nitrogen and oxygen atoms in total. The molecule has 12 heavy (non-hydrogen) atoms. The SMILES string of the molecule is CCOC(=O)c1c(Br)ncn1N. The summed E-state index contributed by atoms with van der Waals surface area (Å²) in [6.45, 7) is 2.04. The number of carbonyl (C=O) groups is 1. The van der Waals surface area contributed by atoms with E-state index in [-0.39, 0.29) is 5.69 Å². The third kappa shape index (κ3) is 1.58. The molecule has 0 bridgehead atoms. The van der Waals surface area contributed by atoms with Gasteiger partial charge in [0.15, 0.2) is 5.69 Å². The standard InChI is InChI=1S/C6H8BrN3O2/c1-2-12-6(11)4-5(7)9-3-10(4)8/h3H,2,8H2,1H3. The molecule has 1 aromatic rings. The number of ether oxygens (including phenoxy) is 1. The van der Waals surface area contributed by atoms with Crippen LogP contribution < -0.4 is 5.84 Å². The second-order valence-corrected chi connectivity index (χ2v) is 2.76. The molecule has 0 radical (unpaired) electrons. The van der Waals surface area contributed by atoms with Crippen molar-refractivity contribution in [2.45, 2.75) is 6.92 Å². The molecule has 0 spiro atoms. The first kappa shape index (κ1) is 9.05. The normalized spacial score (nSPS) is 9.83. The van der Waals surface area contributed by atoms with Gasteiger partial charge < -0.3 is 10.6 Å². The predicted molar refractivity (Wildman–Crippen MR) is 46.0 cm³/mol. The Balaban J connectivity index is 2.93. The van der Waals surface area contributed by atoms with Gasteiger partial charge in [0.05, 0.1) is 6.61 Å². The van der Waals surface area contributed by atoms with Crippen molar-refractivity contribution in [1.82, 2.24) is 9.66 Å². The number of hydrogen-bond donors (Lipinski definition) is 1. The van der Waals surface area contributed by atoms with E-state index in [0.29, 0.717) is 11.2 Å². The molecule has 0 saturated carbocycles. The molecule has 0 atom stereocenters. The number of nitrogens with zero attached hydrogens (tertiary/aromatic N) is 2. The van der Waals surface area contributed by atoms with Gasteiger partial charge in [-0.05, 0) is 22.9 Å². The molecule has 2 N–H and O–H groups in total. The van der Waals surface area contributed by atoms with Crippen LogP contribution in [0, 0.1) is 0 Å². The molecule has 0 aliphatic heterocycles. The van der Waals surface area contributed by atoms with Crippen LogP contribution in [0.1, 0.15) is 17.4 Å². The summed E-state index contributed by atoms with van der Waals surface area (Å²) in [4.78, 5) is 14.9. The molecule has 1 rings (SSSR count). The van der Waals surface area contributed by atoms with Gasteiger partial charge >= 0.3 is 5.97 Å². The van der Waals surface area contributed by atoms with Gasteiger partial charge in [-0.3, -0.25) is 0 Å². The van der Waals surface area contributed by atoms with Crippen LogP contribution in [0.4, 0.5) is 0 Å². The van der Waals surface area contributed by atoms with Gasteiger partial charge in [0.1, 0.15) is 10.9 Å². The zero-order valence-corrected chi connectivity index (χ0v) is 8.04. The van der Waals surface area contributed by atoms with Crippen molar-refractivity contribution in [2.75, 3.05) is 12.4 Å². The van der Waals surface area contributed by atoms with E-state index in [2.05, 4.69) is 20.9 Å². The Labute approximate surface area is 77.6 Å². The lowest BCUT2D eigenvalue weighted by Crippen LogP contribution is -2.17. The summed E-state index contributed by atoms with van der Waals surface area (Å²) in [7, 11) is 0. The quantitative estimate of drug-likeness (QED) is 0.598. The Morgan fingerprint density at radius 3 is 3.00 bits per heavy atom. The first-order valence-corrected chi connectivity index (χ1v) is 4.11. The second kappa shape index (κ2) is 3.57. The molecular formula is C6H8BrN3O2. The lowest BCUT2D eigenvalue weighted by Gasteiger charge is -2.01. The van der Waals surface area contributed by atoms with Crippen LogP contribution >= 0.6 is 15.9 Å². The molecule has 0 fully saturated rings. The monoisotopic (exact) mass is 233 g/mol. The Hall–Kier alpha value is -1.04. The minimum Gasteiger partial charge on any atom is -0.461 e. The van der Waals surface area contributed by atoms with E-state index in [4.69, 9.17) is 10.6 Å². The maximum Gasteiger partial charge on any atom is 0.359 e. The van der Waals surface area contributed by atoms with Gasteiger partial charge in [0.25, 0.3) is 0 Å². The van der Waals surface area contributed by atoms with Crippen molar-refractivity contribution in [3.05, 3.63) is 16.6 Å². The van der Waals surface area contributed by atoms with Crippen molar-refractivity contribution in [1.29, 1.82) is 0 Å². The highest BCUT2D eigenvalue weighted by molar-refractivity contribution is 9.10. The number of halogens is 1. The molecule has 0 aromatic carbocycles. The summed E-state index contributed by atoms with van der Waals surface area (Å²) in [6.07, 6.45) is 1.33. The van der Waals surface area contributed by atoms with E-state index in [1.807, 2.05) is 0 Å². The number of carbonyl (C=O) groups excluding carboxylic acids is 1. The number of nitrogen functional groups attached to an aromatic ring is 1. The molecule has 66 valence electrons. The molecular weight excluding hydrogens is 226 g/mol. The van der Waals surface area contributed by atoms with Gasteiger partial charge in [-0.15, -0.1) is 0 Å². The first-order chi connectivity index (χ1) is 5.66. The highest BCUT2D eigenvalue weighted by Gasteiger charge is 2.16. The number of rotatable bonds is 2. The van der Waals surface area contributed by atoms with Crippen LogP contribution in [0.25, 0.3) is 0 Å². The Kier molecular flexibility index (Phi) is 2.69. The summed E-state index contributed by atoms with van der Waals surface area (Å²) in [5.74, 6) is 4.91. The van der Waals surface area contributed by atoms with E-state index < -0.39 is 5.97 Å². The highest BCUT2D eigenvalue weighted by Crippen LogP contribution is 2.13. The first-order valence-electron chi connectivity index (χ1n) is 3.31. The number of hydrogen-bond acceptors (Lipinski definition) is 4. The van der Waals surface area contributed by atoms with Crippen molar-refractivity contribution in [3.63, 3.8) is 0 Å². The largest absolute Gasteiger partial charge is 0.461 e. The lowest BCUT2D eigenvalue weighted by molar-refractivity contribution is 0.0515. The van der Waals surface area contributed by atoms with Crippen LogP contribution in [0.2, 0.25) is 0 Å². The number of nitrogens with two attached hydrogens (primary N) is 1. The summed E-state index contributed by atoms with van der Waals surface area (Å²) in [5.41, 5.74) is 0.219. The van der Waals surface area contributed by atoms with Gasteiger partial charge in [0, 0.05) is 0 Å². The maximum atomic E-state index is 11.2. The summed E-state index contributed by atoms with van der Waals surface area (Å²) < 4.78 is 6.24. The fourth-order valence-electron chi connectivity index (χ4n) is 0.727. The summed E-state index contributed by atoms with van der Waals surface area (Å²) in [6, 6.07) is 0. The molecule has 0 unspecified atom stereocenters. The molecule has 0 amide bonds. The Bertz CT molecular complexity index is 277. The topological polar surface area (TPSA) is 70.1 Å². The van der Waals surface area contributed by atoms with Crippen LogP contribution in [0.3, 0.4) is 0 Å². The third-order valence-corrected chi connectivity index (χ3v) is 1.80. The zero-order valence-electron chi connectivity index (χ0n) is 6.45. The fourth-order valence-corrected chi connectivity index (χ4v) is 1.19. The average Bonchev–Trinajstić information content (AvgIpc) is 2.32. The minimum atomic E-state index is -0.482. The molecule has 0 saturated heterocycles. The predicted octanol–water partition coefficient (Wildman–Crippen LogP) is 0.536. The van der Waals surface area contributed by atoms with E-state index in [9.17, 15) is 4.79 Å². The van der Waals surface area contributed by atoms with Gasteiger partial charge in [0.2, 0.25) is 0 Å². The molecule has 6 heteroatoms. The summed E-state index contributed by atoms with van der Waals surface area (Å²) >= 11 is 3.07.